The van der Waals surface area contributed by atoms with Gasteiger partial charge in [-0.2, -0.15) is 0 Å². The Morgan fingerprint density at radius 3 is 2.63 bits per heavy atom. The van der Waals surface area contributed by atoms with Crippen molar-refractivity contribution >= 4 is 11.6 Å². The number of pyridine rings is 1. The monoisotopic (exact) mass is 263 g/mol. The number of carbonyl (C=O) groups is 1. The van der Waals surface area contributed by atoms with E-state index in [2.05, 4.69) is 15.2 Å². The van der Waals surface area contributed by atoms with Crippen molar-refractivity contribution in [3.8, 4) is 5.75 Å². The smallest absolute Gasteiger partial charge is 0.273 e. The van der Waals surface area contributed by atoms with Gasteiger partial charge in [-0.05, 0) is 40.2 Å². The van der Waals surface area contributed by atoms with Crippen molar-refractivity contribution < 1.29 is 9.53 Å². The van der Waals surface area contributed by atoms with Gasteiger partial charge < -0.3 is 15.0 Å². The van der Waals surface area contributed by atoms with Crippen molar-refractivity contribution in [3.63, 3.8) is 0 Å². The number of hydrogen-bond acceptors (Lipinski definition) is 4. The summed E-state index contributed by atoms with van der Waals surface area (Å²) in [6.07, 6.45) is 0. The zero-order chi connectivity index (χ0) is 14.4. The average Bonchev–Trinajstić information content (AvgIpc) is 2.56. The van der Waals surface area contributed by atoms with Gasteiger partial charge in [0.15, 0.2) is 17.2 Å². The lowest BCUT2D eigenvalue weighted by atomic mass is 10.1. The Morgan fingerprint density at radius 1 is 1.42 bits per heavy atom. The van der Waals surface area contributed by atoms with Crippen LogP contribution in [-0.2, 0) is 0 Å². The number of nitrogens with one attached hydrogen (secondary N) is 1. The molecule has 0 spiro atoms. The molecule has 0 atom stereocenters. The minimum atomic E-state index is -0.468. The Morgan fingerprint density at radius 2 is 2.05 bits per heavy atom. The molecule has 0 bridgehead atoms. The predicted octanol–water partition coefficient (Wildman–Crippen LogP) is 2.01. The van der Waals surface area contributed by atoms with E-state index in [9.17, 15) is 4.79 Å². The maximum atomic E-state index is 12.1. The highest BCUT2D eigenvalue weighted by atomic mass is 16.5. The van der Waals surface area contributed by atoms with Gasteiger partial charge in [0.1, 0.15) is 0 Å². The molecule has 2 heterocycles. The molecule has 0 fully saturated rings. The summed E-state index contributed by atoms with van der Waals surface area (Å²) in [4.78, 5) is 18.6. The first-order chi connectivity index (χ1) is 8.79. The van der Waals surface area contributed by atoms with E-state index in [0.717, 1.165) is 16.9 Å². The normalized spacial score (nSPS) is 16.0. The van der Waals surface area contributed by atoms with Crippen LogP contribution in [0.3, 0.4) is 0 Å². The number of nitrogens with zero attached hydrogens (tertiary/aromatic N) is 2. The van der Waals surface area contributed by atoms with E-state index in [1.165, 1.54) is 0 Å². The summed E-state index contributed by atoms with van der Waals surface area (Å²) in [5.41, 5.74) is 2.77. The Hall–Kier alpha value is -1.78. The lowest BCUT2D eigenvalue weighted by molar-refractivity contribution is 0.0934. The molecular weight excluding hydrogens is 242 g/mol. The highest BCUT2D eigenvalue weighted by Gasteiger charge is 2.40. The Balaban J connectivity index is 2.62. The summed E-state index contributed by atoms with van der Waals surface area (Å²) >= 11 is 0. The fourth-order valence-corrected chi connectivity index (χ4v) is 2.24. The van der Waals surface area contributed by atoms with Gasteiger partial charge >= 0.3 is 0 Å². The van der Waals surface area contributed by atoms with E-state index in [0.29, 0.717) is 18.0 Å². The molecule has 0 unspecified atom stereocenters. The van der Waals surface area contributed by atoms with Gasteiger partial charge in [0, 0.05) is 19.3 Å². The van der Waals surface area contributed by atoms with E-state index >= 15 is 0 Å². The van der Waals surface area contributed by atoms with Crippen LogP contribution in [0.15, 0.2) is 0 Å². The number of carbonyl (C=O) groups excluding carboxylic acids is 1. The molecule has 0 radical (unpaired) electrons. The summed E-state index contributed by atoms with van der Waals surface area (Å²) in [6.45, 7) is 10.3. The van der Waals surface area contributed by atoms with Crippen LogP contribution < -0.4 is 15.0 Å². The van der Waals surface area contributed by atoms with Crippen molar-refractivity contribution in [1.29, 1.82) is 0 Å². The molecule has 1 aliphatic rings. The van der Waals surface area contributed by atoms with Crippen molar-refractivity contribution in [2.45, 2.75) is 40.3 Å². The molecular formula is C14H21N3O2. The van der Waals surface area contributed by atoms with Gasteiger partial charge in [-0.15, -0.1) is 0 Å². The van der Waals surface area contributed by atoms with E-state index in [4.69, 9.17) is 4.74 Å². The van der Waals surface area contributed by atoms with Crippen LogP contribution >= 0.6 is 0 Å². The molecule has 1 N–H and O–H groups in total. The third-order valence-corrected chi connectivity index (χ3v) is 3.65. The summed E-state index contributed by atoms with van der Waals surface area (Å²) < 4.78 is 5.94. The van der Waals surface area contributed by atoms with Crippen molar-refractivity contribution in [2.24, 2.45) is 0 Å². The molecule has 0 saturated heterocycles. The van der Waals surface area contributed by atoms with Gasteiger partial charge in [-0.3, -0.25) is 4.79 Å². The predicted molar refractivity (Wildman–Crippen MR) is 74.8 cm³/mol. The van der Waals surface area contributed by atoms with E-state index in [1.807, 2.05) is 41.7 Å². The molecule has 19 heavy (non-hydrogen) atoms. The number of aryl methyl sites for hydroxylation is 1. The fraction of sp³-hybridized carbons (Fsp3) is 0.571. The number of rotatable bonds is 2. The lowest BCUT2D eigenvalue weighted by Gasteiger charge is -2.28. The first-order valence-electron chi connectivity index (χ1n) is 6.51. The minimum absolute atomic E-state index is 0.187. The quantitative estimate of drug-likeness (QED) is 0.887. The largest absolute Gasteiger partial charge is 0.464 e. The standard InChI is InChI=1S/C14H21N3O2/c1-7-15-13(18)10-12-11(8(2)9(3)16-10)17(6)14(4,5)19-12/h7H2,1-6H3,(H,15,18). The molecule has 104 valence electrons. The molecule has 0 aromatic carbocycles. The molecule has 5 heteroatoms. The Labute approximate surface area is 114 Å². The SMILES string of the molecule is CCNC(=O)c1nc(C)c(C)c2c1OC(C)(C)N2C. The zero-order valence-electron chi connectivity index (χ0n) is 12.4. The zero-order valence-corrected chi connectivity index (χ0v) is 12.4. The highest BCUT2D eigenvalue weighted by Crippen LogP contribution is 2.45. The molecule has 1 aliphatic heterocycles. The van der Waals surface area contributed by atoms with E-state index < -0.39 is 5.72 Å². The van der Waals surface area contributed by atoms with E-state index in [1.54, 1.807) is 0 Å². The number of ether oxygens (including phenoxy) is 1. The third-order valence-electron chi connectivity index (χ3n) is 3.65. The second-order valence-corrected chi connectivity index (χ2v) is 5.32. The summed E-state index contributed by atoms with van der Waals surface area (Å²) in [5, 5.41) is 2.78. The second-order valence-electron chi connectivity index (χ2n) is 5.32. The molecule has 0 aliphatic carbocycles. The van der Waals surface area contributed by atoms with Crippen molar-refractivity contribution in [1.82, 2.24) is 10.3 Å². The van der Waals surface area contributed by atoms with Gasteiger partial charge in [0.05, 0.1) is 5.69 Å². The maximum absolute atomic E-state index is 12.1. The van der Waals surface area contributed by atoms with E-state index in [-0.39, 0.29) is 5.91 Å². The van der Waals surface area contributed by atoms with Crippen molar-refractivity contribution in [2.75, 3.05) is 18.5 Å². The highest BCUT2D eigenvalue weighted by molar-refractivity contribution is 5.98. The van der Waals surface area contributed by atoms with Crippen molar-refractivity contribution in [3.05, 3.63) is 17.0 Å². The second kappa shape index (κ2) is 4.40. The number of amides is 1. The number of aromatic nitrogens is 1. The number of anilines is 1. The van der Waals surface area contributed by atoms with Gasteiger partial charge in [0.2, 0.25) is 0 Å². The van der Waals surface area contributed by atoms with Crippen LogP contribution in [0.1, 0.15) is 42.5 Å². The Kier molecular flexibility index (Phi) is 3.16. The molecule has 0 saturated carbocycles. The summed E-state index contributed by atoms with van der Waals surface area (Å²) in [7, 11) is 1.97. The molecule has 5 nitrogen and oxygen atoms in total. The first-order valence-corrected chi connectivity index (χ1v) is 6.51. The molecule has 1 aromatic rings. The van der Waals surface area contributed by atoms with Crippen LogP contribution in [0.2, 0.25) is 0 Å². The minimum Gasteiger partial charge on any atom is -0.464 e. The van der Waals surface area contributed by atoms with Crippen LogP contribution in [0.25, 0.3) is 0 Å². The van der Waals surface area contributed by atoms with Crippen LogP contribution in [0.5, 0.6) is 5.75 Å². The topological polar surface area (TPSA) is 54.5 Å². The van der Waals surface area contributed by atoms with Crippen LogP contribution in [0.4, 0.5) is 5.69 Å². The van der Waals surface area contributed by atoms with Crippen LogP contribution in [0, 0.1) is 13.8 Å². The fourth-order valence-electron chi connectivity index (χ4n) is 2.24. The average molecular weight is 263 g/mol. The number of hydrogen-bond donors (Lipinski definition) is 1. The molecule has 2 rings (SSSR count). The Bertz CT molecular complexity index is 538. The summed E-state index contributed by atoms with van der Waals surface area (Å²) in [6, 6.07) is 0. The maximum Gasteiger partial charge on any atom is 0.273 e. The van der Waals surface area contributed by atoms with Gasteiger partial charge in [-0.1, -0.05) is 0 Å². The first kappa shape index (κ1) is 13.6. The van der Waals surface area contributed by atoms with Gasteiger partial charge in [-0.25, -0.2) is 4.98 Å². The summed E-state index contributed by atoms with van der Waals surface area (Å²) in [5.74, 6) is 0.398. The van der Waals surface area contributed by atoms with Gasteiger partial charge in [0.25, 0.3) is 5.91 Å². The van der Waals surface area contributed by atoms with Crippen LogP contribution in [-0.4, -0.2) is 30.2 Å². The number of fused-ring (bicyclic) bond motifs is 1. The lowest BCUT2D eigenvalue weighted by Crippen LogP contribution is -2.41. The third kappa shape index (κ3) is 2.03. The molecule has 1 aromatic heterocycles. The molecule has 1 amide bonds.